The van der Waals surface area contributed by atoms with E-state index >= 15 is 0 Å². The molecule has 0 N–H and O–H groups in total. The van der Waals surface area contributed by atoms with E-state index in [2.05, 4.69) is 220 Å². The smallest absolute Gasteiger partial charge is 0.178 e. The topological polar surface area (TPSA) is 26.3 Å². The maximum Gasteiger partial charge on any atom is 0.178 e. The normalized spacial score (nSPS) is 13.2. The molecule has 2 heteroatoms. The van der Waals surface area contributed by atoms with Crippen LogP contribution in [0.2, 0.25) is 0 Å². The Balaban J connectivity index is 0.774. The Hall–Kier alpha value is -8.20. The van der Waals surface area contributed by atoms with Crippen LogP contribution in [0.25, 0.3) is 132 Å². The largest absolute Gasteiger partial charge is 0.452 e. The van der Waals surface area contributed by atoms with Crippen LogP contribution in [-0.4, -0.2) is 0 Å². The average molecular weight is 829 g/mol. The minimum absolute atomic E-state index is 0.0499. The van der Waals surface area contributed by atoms with Crippen molar-refractivity contribution in [2.75, 3.05) is 0 Å². The van der Waals surface area contributed by atoms with Crippen LogP contribution in [0.1, 0.15) is 25.0 Å². The van der Waals surface area contributed by atoms with Gasteiger partial charge in [0.15, 0.2) is 11.2 Å². The summed E-state index contributed by atoms with van der Waals surface area (Å²) in [5.41, 5.74) is 18.2. The number of hydrogen-bond donors (Lipinski definition) is 0. The van der Waals surface area contributed by atoms with Crippen LogP contribution in [0, 0.1) is 0 Å². The van der Waals surface area contributed by atoms with Gasteiger partial charge in [0.25, 0.3) is 0 Å². The summed E-state index contributed by atoms with van der Waals surface area (Å²) in [5, 5.41) is 12.1. The van der Waals surface area contributed by atoms with Gasteiger partial charge in [0.2, 0.25) is 0 Å². The van der Waals surface area contributed by atoms with Gasteiger partial charge in [-0.25, -0.2) is 0 Å². The molecule has 1 aliphatic rings. The summed E-state index contributed by atoms with van der Waals surface area (Å²) in [6.45, 7) is 4.67. The first-order valence-electron chi connectivity index (χ1n) is 22.6. The van der Waals surface area contributed by atoms with Crippen molar-refractivity contribution >= 4 is 76.2 Å². The lowest BCUT2D eigenvalue weighted by Gasteiger charge is -2.21. The van der Waals surface area contributed by atoms with Gasteiger partial charge in [0, 0.05) is 27.0 Å². The molecule has 13 aromatic rings. The van der Waals surface area contributed by atoms with Gasteiger partial charge in [0.1, 0.15) is 11.2 Å². The Kier molecular flexibility index (Phi) is 7.49. The maximum atomic E-state index is 6.62. The lowest BCUT2D eigenvalue weighted by atomic mass is 9.82. The van der Waals surface area contributed by atoms with E-state index in [9.17, 15) is 0 Å². The number of hydrogen-bond acceptors (Lipinski definition) is 2. The van der Waals surface area contributed by atoms with Crippen LogP contribution in [0.5, 0.6) is 0 Å². The lowest BCUT2D eigenvalue weighted by molar-refractivity contribution is 0.633. The van der Waals surface area contributed by atoms with Gasteiger partial charge >= 0.3 is 0 Å². The van der Waals surface area contributed by atoms with Crippen molar-refractivity contribution < 1.29 is 8.83 Å². The summed E-state index contributed by atoms with van der Waals surface area (Å²) in [4.78, 5) is 0. The third kappa shape index (κ3) is 5.29. The third-order valence-electron chi connectivity index (χ3n) is 14.5. The monoisotopic (exact) mass is 828 g/mol. The van der Waals surface area contributed by atoms with Gasteiger partial charge < -0.3 is 8.83 Å². The van der Waals surface area contributed by atoms with Gasteiger partial charge in [-0.1, -0.05) is 178 Å². The van der Waals surface area contributed by atoms with Gasteiger partial charge in [-0.15, -0.1) is 0 Å². The molecule has 2 heterocycles. The van der Waals surface area contributed by atoms with Crippen LogP contribution < -0.4 is 0 Å². The highest BCUT2D eigenvalue weighted by molar-refractivity contribution is 6.26. The van der Waals surface area contributed by atoms with E-state index in [0.29, 0.717) is 0 Å². The second kappa shape index (κ2) is 13.4. The van der Waals surface area contributed by atoms with Crippen molar-refractivity contribution in [2.45, 2.75) is 19.3 Å². The van der Waals surface area contributed by atoms with Gasteiger partial charge in [-0.05, 0) is 142 Å². The van der Waals surface area contributed by atoms with Crippen molar-refractivity contribution in [3.8, 4) is 55.6 Å². The molecule has 65 heavy (non-hydrogen) atoms. The molecule has 2 aromatic heterocycles. The Bertz CT molecular complexity index is 4090. The fourth-order valence-corrected chi connectivity index (χ4v) is 11.2. The molecular weight excluding hydrogens is 789 g/mol. The lowest BCUT2D eigenvalue weighted by Crippen LogP contribution is -2.14. The van der Waals surface area contributed by atoms with Crippen LogP contribution in [0.3, 0.4) is 0 Å². The molecule has 0 spiro atoms. The number of benzene rings is 11. The Morgan fingerprint density at radius 1 is 0.277 bits per heavy atom. The fourth-order valence-electron chi connectivity index (χ4n) is 11.2. The van der Waals surface area contributed by atoms with Gasteiger partial charge in [-0.2, -0.15) is 0 Å². The molecule has 304 valence electrons. The SMILES string of the molecule is CC1(C)c2ccccc2-c2c(-c3ccc4oc5c(ccc6c7cc(-c8ccc(-c9ccc(-c%10ccc%11c%12ccccc%12c%12ccccc%12c%11c%10)cc9)cc8)ccc7oc65)c4c3)cccc21. The van der Waals surface area contributed by atoms with E-state index in [1.807, 2.05) is 0 Å². The van der Waals surface area contributed by atoms with Crippen molar-refractivity contribution in [3.05, 3.63) is 217 Å². The minimum atomic E-state index is -0.0499. The molecule has 11 aromatic carbocycles. The molecule has 2 nitrogen and oxygen atoms in total. The molecule has 0 aliphatic heterocycles. The summed E-state index contributed by atoms with van der Waals surface area (Å²) in [6.07, 6.45) is 0. The standard InChI is InChI=1S/C63H40O2/c1-63(2)56-16-8-7-14-52(56)60-44(15-9-17-57(60)63)43-28-33-59-55(36-43)51-31-30-50-54-35-42(27-32-58(54)64-61(50)62(51)65-59)40-24-20-38(21-25-40)37-18-22-39(23-19-37)41-26-29-49-47-12-4-3-10-45(47)46-11-5-6-13-48(46)53(49)34-41/h3-36H,1-2H3. The summed E-state index contributed by atoms with van der Waals surface area (Å²) >= 11 is 0. The minimum Gasteiger partial charge on any atom is -0.452 e. The zero-order valence-electron chi connectivity index (χ0n) is 35.9. The summed E-state index contributed by atoms with van der Waals surface area (Å²) in [5.74, 6) is 0. The molecule has 0 fully saturated rings. The van der Waals surface area contributed by atoms with Crippen molar-refractivity contribution in [1.29, 1.82) is 0 Å². The highest BCUT2D eigenvalue weighted by Gasteiger charge is 2.36. The van der Waals surface area contributed by atoms with Crippen molar-refractivity contribution in [3.63, 3.8) is 0 Å². The second-order valence-corrected chi connectivity index (χ2v) is 18.3. The fraction of sp³-hybridized carbons (Fsp3) is 0.0476. The summed E-state index contributed by atoms with van der Waals surface area (Å²) < 4.78 is 13.2. The van der Waals surface area contributed by atoms with E-state index in [0.717, 1.165) is 55.0 Å². The van der Waals surface area contributed by atoms with Crippen LogP contribution in [0.4, 0.5) is 0 Å². The van der Waals surface area contributed by atoms with Crippen LogP contribution in [-0.2, 0) is 5.41 Å². The molecule has 0 saturated heterocycles. The number of fused-ring (bicyclic) bond motifs is 16. The van der Waals surface area contributed by atoms with Crippen LogP contribution >= 0.6 is 0 Å². The molecule has 14 rings (SSSR count). The van der Waals surface area contributed by atoms with Crippen LogP contribution in [0.15, 0.2) is 215 Å². The highest BCUT2D eigenvalue weighted by Crippen LogP contribution is 2.52. The molecule has 0 atom stereocenters. The predicted octanol–water partition coefficient (Wildman–Crippen LogP) is 17.9. The number of furan rings is 2. The zero-order chi connectivity index (χ0) is 43.0. The van der Waals surface area contributed by atoms with E-state index in [-0.39, 0.29) is 5.41 Å². The molecule has 0 unspecified atom stereocenters. The first-order valence-corrected chi connectivity index (χ1v) is 22.6. The van der Waals surface area contributed by atoms with Gasteiger partial charge in [0.05, 0.1) is 0 Å². The Morgan fingerprint density at radius 2 is 0.662 bits per heavy atom. The van der Waals surface area contributed by atoms with E-state index < -0.39 is 0 Å². The predicted molar refractivity (Wildman–Crippen MR) is 273 cm³/mol. The summed E-state index contributed by atoms with van der Waals surface area (Å²) in [6, 6.07) is 75.4. The first kappa shape index (κ1) is 36.3. The van der Waals surface area contributed by atoms with Crippen molar-refractivity contribution in [1.82, 2.24) is 0 Å². The highest BCUT2D eigenvalue weighted by atomic mass is 16.4. The molecular formula is C63H40O2. The van der Waals surface area contributed by atoms with Crippen molar-refractivity contribution in [2.24, 2.45) is 0 Å². The van der Waals surface area contributed by atoms with Gasteiger partial charge in [-0.3, -0.25) is 0 Å². The Labute approximate surface area is 375 Å². The first-order chi connectivity index (χ1) is 32.0. The zero-order valence-corrected chi connectivity index (χ0v) is 35.9. The molecule has 0 amide bonds. The maximum absolute atomic E-state index is 6.62. The third-order valence-corrected chi connectivity index (χ3v) is 14.5. The molecule has 0 radical (unpaired) electrons. The van der Waals surface area contributed by atoms with E-state index in [1.165, 1.54) is 88.0 Å². The molecule has 0 bridgehead atoms. The summed E-state index contributed by atoms with van der Waals surface area (Å²) in [7, 11) is 0. The van der Waals surface area contributed by atoms with E-state index in [1.54, 1.807) is 0 Å². The van der Waals surface area contributed by atoms with E-state index in [4.69, 9.17) is 8.83 Å². The molecule has 0 saturated carbocycles. The second-order valence-electron chi connectivity index (χ2n) is 18.3. The average Bonchev–Trinajstić information content (AvgIpc) is 4.01. The quantitative estimate of drug-likeness (QED) is 0.165. The Morgan fingerprint density at radius 3 is 1.25 bits per heavy atom. The number of rotatable bonds is 4. The molecule has 1 aliphatic carbocycles.